The molecule has 0 aliphatic rings. The summed E-state index contributed by atoms with van der Waals surface area (Å²) in [5.41, 5.74) is 0.183. The number of hydrogen-bond donors (Lipinski definition) is 1. The largest absolute Gasteiger partial charge is 0.348 e. The molecule has 1 aromatic rings. The van der Waals surface area contributed by atoms with Crippen molar-refractivity contribution >= 4 is 23.2 Å². The van der Waals surface area contributed by atoms with E-state index in [9.17, 15) is 14.9 Å². The predicted molar refractivity (Wildman–Crippen MR) is 68.9 cm³/mol. The molecule has 7 heteroatoms. The van der Waals surface area contributed by atoms with E-state index < -0.39 is 4.92 Å². The monoisotopic (exact) mass is 273 g/mol. The van der Waals surface area contributed by atoms with Gasteiger partial charge in [0.1, 0.15) is 5.69 Å². The van der Waals surface area contributed by atoms with E-state index in [0.717, 1.165) is 6.42 Å². The van der Waals surface area contributed by atoms with Crippen LogP contribution in [0.3, 0.4) is 0 Å². The molecule has 1 amide bonds. The van der Waals surface area contributed by atoms with Crippen LogP contribution in [0, 0.1) is 10.1 Å². The van der Waals surface area contributed by atoms with Crippen LogP contribution in [-0.4, -0.2) is 27.3 Å². The van der Waals surface area contributed by atoms with E-state index in [1.54, 1.807) is 7.05 Å². The zero-order valence-electron chi connectivity index (χ0n) is 10.4. The number of aromatic nitrogens is 1. The number of nitro groups is 1. The number of alkyl halides is 1. The molecule has 0 bridgehead atoms. The lowest BCUT2D eigenvalue weighted by Crippen LogP contribution is -2.35. The standard InChI is InChI=1S/C11H16ClN3O3/c1-3-8(4-5-12)13-11(16)10-6-9(15(17)18)7-14(10)2/h6-8H,3-5H2,1-2H3,(H,13,16). The molecule has 0 aliphatic heterocycles. The zero-order chi connectivity index (χ0) is 13.7. The van der Waals surface area contributed by atoms with Gasteiger partial charge in [-0.15, -0.1) is 11.6 Å². The molecule has 0 aromatic carbocycles. The highest BCUT2D eigenvalue weighted by atomic mass is 35.5. The molecule has 6 nitrogen and oxygen atoms in total. The maximum absolute atomic E-state index is 11.9. The van der Waals surface area contributed by atoms with E-state index in [1.807, 2.05) is 6.92 Å². The Morgan fingerprint density at radius 2 is 2.33 bits per heavy atom. The van der Waals surface area contributed by atoms with Crippen LogP contribution < -0.4 is 5.32 Å². The molecule has 1 atom stereocenters. The minimum Gasteiger partial charge on any atom is -0.348 e. The normalized spacial score (nSPS) is 12.2. The van der Waals surface area contributed by atoms with E-state index in [2.05, 4.69) is 5.32 Å². The molecule has 1 aromatic heterocycles. The van der Waals surface area contributed by atoms with Gasteiger partial charge in [0.2, 0.25) is 0 Å². The molecule has 0 saturated heterocycles. The van der Waals surface area contributed by atoms with Gasteiger partial charge in [0.05, 0.1) is 11.1 Å². The maximum Gasteiger partial charge on any atom is 0.287 e. The minimum atomic E-state index is -0.521. The van der Waals surface area contributed by atoms with E-state index >= 15 is 0 Å². The highest BCUT2D eigenvalue weighted by Gasteiger charge is 2.19. The highest BCUT2D eigenvalue weighted by Crippen LogP contribution is 2.15. The fraction of sp³-hybridized carbons (Fsp3) is 0.545. The molecule has 0 spiro atoms. The van der Waals surface area contributed by atoms with Gasteiger partial charge in [-0.3, -0.25) is 14.9 Å². The fourth-order valence-electron chi connectivity index (χ4n) is 1.64. The number of amides is 1. The third kappa shape index (κ3) is 3.46. The molecule has 0 aliphatic carbocycles. The van der Waals surface area contributed by atoms with Crippen LogP contribution in [0.1, 0.15) is 30.3 Å². The molecule has 1 unspecified atom stereocenters. The average Bonchev–Trinajstić information content (AvgIpc) is 2.71. The summed E-state index contributed by atoms with van der Waals surface area (Å²) < 4.78 is 1.45. The Labute approximate surface area is 110 Å². The summed E-state index contributed by atoms with van der Waals surface area (Å²) in [6.07, 6.45) is 2.76. The van der Waals surface area contributed by atoms with E-state index in [-0.39, 0.29) is 23.3 Å². The summed E-state index contributed by atoms with van der Waals surface area (Å²) >= 11 is 5.64. The van der Waals surface area contributed by atoms with Crippen LogP contribution in [0.5, 0.6) is 0 Å². The maximum atomic E-state index is 11.9. The lowest BCUT2D eigenvalue weighted by molar-refractivity contribution is -0.384. The fourth-order valence-corrected chi connectivity index (χ4v) is 1.91. The lowest BCUT2D eigenvalue weighted by atomic mass is 10.1. The van der Waals surface area contributed by atoms with Crippen LogP contribution >= 0.6 is 11.6 Å². The van der Waals surface area contributed by atoms with Crippen LogP contribution in [0.15, 0.2) is 12.3 Å². The number of rotatable bonds is 6. The smallest absolute Gasteiger partial charge is 0.287 e. The summed E-state index contributed by atoms with van der Waals surface area (Å²) in [6.45, 7) is 1.95. The molecule has 1 heterocycles. The van der Waals surface area contributed by atoms with Crippen LogP contribution in [0.25, 0.3) is 0 Å². The Bertz CT molecular complexity index is 445. The second-order valence-electron chi connectivity index (χ2n) is 4.01. The van der Waals surface area contributed by atoms with Crippen molar-refractivity contribution in [3.8, 4) is 0 Å². The predicted octanol–water partition coefficient (Wildman–Crippen LogP) is 2.07. The number of carbonyl (C=O) groups excluding carboxylic acids is 1. The highest BCUT2D eigenvalue weighted by molar-refractivity contribution is 6.17. The van der Waals surface area contributed by atoms with Gasteiger partial charge >= 0.3 is 0 Å². The summed E-state index contributed by atoms with van der Waals surface area (Å²) in [5.74, 6) is 0.147. The summed E-state index contributed by atoms with van der Waals surface area (Å²) in [7, 11) is 1.60. The molecule has 1 rings (SSSR count). The minimum absolute atomic E-state index is 0.0102. The quantitative estimate of drug-likeness (QED) is 0.490. The number of aryl methyl sites for hydroxylation is 1. The van der Waals surface area contributed by atoms with Gasteiger partial charge in [0.15, 0.2) is 0 Å². The first-order chi connectivity index (χ1) is 8.49. The lowest BCUT2D eigenvalue weighted by Gasteiger charge is -2.15. The molecular formula is C11H16ClN3O3. The van der Waals surface area contributed by atoms with Crippen LogP contribution in [0.4, 0.5) is 5.69 Å². The number of halogens is 1. The molecule has 0 fully saturated rings. The average molecular weight is 274 g/mol. The Morgan fingerprint density at radius 1 is 1.67 bits per heavy atom. The van der Waals surface area contributed by atoms with Crippen molar-refractivity contribution < 1.29 is 9.72 Å². The Hall–Kier alpha value is -1.56. The van der Waals surface area contributed by atoms with Crippen molar-refractivity contribution in [2.45, 2.75) is 25.8 Å². The first-order valence-corrected chi connectivity index (χ1v) is 6.20. The molecule has 18 heavy (non-hydrogen) atoms. The first kappa shape index (κ1) is 14.5. The molecule has 100 valence electrons. The van der Waals surface area contributed by atoms with Gasteiger partial charge in [-0.25, -0.2) is 0 Å². The third-order valence-electron chi connectivity index (χ3n) is 2.72. The number of nitrogens with zero attached hydrogens (tertiary/aromatic N) is 2. The molecular weight excluding hydrogens is 258 g/mol. The van der Waals surface area contributed by atoms with Crippen LogP contribution in [0.2, 0.25) is 0 Å². The van der Waals surface area contributed by atoms with Crippen molar-refractivity contribution in [3.63, 3.8) is 0 Å². The van der Waals surface area contributed by atoms with Gasteiger partial charge in [-0.1, -0.05) is 6.92 Å². The van der Waals surface area contributed by atoms with Crippen LogP contribution in [-0.2, 0) is 7.05 Å². The molecule has 1 N–H and O–H groups in total. The summed E-state index contributed by atoms with van der Waals surface area (Å²) in [5, 5.41) is 13.4. The van der Waals surface area contributed by atoms with Gasteiger partial charge in [0.25, 0.3) is 11.6 Å². The topological polar surface area (TPSA) is 77.2 Å². The Morgan fingerprint density at radius 3 is 2.78 bits per heavy atom. The van der Waals surface area contributed by atoms with Crippen molar-refractivity contribution in [1.29, 1.82) is 0 Å². The van der Waals surface area contributed by atoms with E-state index in [0.29, 0.717) is 12.3 Å². The summed E-state index contributed by atoms with van der Waals surface area (Å²) in [4.78, 5) is 22.0. The SMILES string of the molecule is CCC(CCCl)NC(=O)c1cc([N+](=O)[O-])cn1C. The van der Waals surface area contributed by atoms with Crippen molar-refractivity contribution in [2.24, 2.45) is 7.05 Å². The molecule has 0 radical (unpaired) electrons. The van der Waals surface area contributed by atoms with Crippen molar-refractivity contribution in [3.05, 3.63) is 28.1 Å². The Kier molecular flexibility index (Phi) is 5.15. The number of nitrogens with one attached hydrogen (secondary N) is 1. The zero-order valence-corrected chi connectivity index (χ0v) is 11.1. The van der Waals surface area contributed by atoms with Gasteiger partial charge in [-0.2, -0.15) is 0 Å². The Balaban J connectivity index is 2.80. The first-order valence-electron chi connectivity index (χ1n) is 5.67. The summed E-state index contributed by atoms with van der Waals surface area (Å²) in [6, 6.07) is 1.26. The van der Waals surface area contributed by atoms with Gasteiger partial charge < -0.3 is 9.88 Å². The second kappa shape index (κ2) is 6.39. The van der Waals surface area contributed by atoms with E-state index in [4.69, 9.17) is 11.6 Å². The van der Waals surface area contributed by atoms with Crippen molar-refractivity contribution in [2.75, 3.05) is 5.88 Å². The van der Waals surface area contributed by atoms with Gasteiger partial charge in [0, 0.05) is 25.0 Å². The number of hydrogen-bond acceptors (Lipinski definition) is 3. The third-order valence-corrected chi connectivity index (χ3v) is 2.94. The van der Waals surface area contributed by atoms with Crippen molar-refractivity contribution in [1.82, 2.24) is 9.88 Å². The molecule has 0 saturated carbocycles. The van der Waals surface area contributed by atoms with Gasteiger partial charge in [-0.05, 0) is 12.8 Å². The van der Waals surface area contributed by atoms with E-state index in [1.165, 1.54) is 16.8 Å². The number of carbonyl (C=O) groups is 1. The second-order valence-corrected chi connectivity index (χ2v) is 4.39.